The standard InChI is InChI=1S/C19H16N4O3S/c1-11(12-6-8-13(26-2)9-7-12)23-18(24)17-16(21-19(23)25)15(22-27-17)14-5-3-4-10-20-14/h3-11H,1-2H3,(H,21,25)/t11-/m0/s1. The van der Waals surface area contributed by atoms with Gasteiger partial charge in [0.1, 0.15) is 16.1 Å². The monoisotopic (exact) mass is 380 g/mol. The summed E-state index contributed by atoms with van der Waals surface area (Å²) in [7, 11) is 1.59. The summed E-state index contributed by atoms with van der Waals surface area (Å²) in [6, 6.07) is 12.3. The lowest BCUT2D eigenvalue weighted by Crippen LogP contribution is -2.37. The van der Waals surface area contributed by atoms with Gasteiger partial charge in [-0.2, -0.15) is 4.37 Å². The zero-order chi connectivity index (χ0) is 19.0. The Labute approximate surface area is 158 Å². The van der Waals surface area contributed by atoms with Crippen molar-refractivity contribution in [1.29, 1.82) is 0 Å². The summed E-state index contributed by atoms with van der Waals surface area (Å²) in [5, 5.41) is 0. The van der Waals surface area contributed by atoms with Gasteiger partial charge < -0.3 is 9.72 Å². The largest absolute Gasteiger partial charge is 0.497 e. The molecule has 0 radical (unpaired) electrons. The molecule has 0 amide bonds. The highest BCUT2D eigenvalue weighted by atomic mass is 32.1. The van der Waals surface area contributed by atoms with Crippen LogP contribution in [0, 0.1) is 0 Å². The maximum Gasteiger partial charge on any atom is 0.329 e. The van der Waals surface area contributed by atoms with Crippen LogP contribution in [-0.2, 0) is 0 Å². The van der Waals surface area contributed by atoms with Crippen molar-refractivity contribution in [2.24, 2.45) is 0 Å². The van der Waals surface area contributed by atoms with Crippen molar-refractivity contribution < 1.29 is 4.74 Å². The van der Waals surface area contributed by atoms with E-state index in [9.17, 15) is 9.59 Å². The van der Waals surface area contributed by atoms with Gasteiger partial charge in [-0.25, -0.2) is 4.79 Å². The highest BCUT2D eigenvalue weighted by Crippen LogP contribution is 2.26. The maximum atomic E-state index is 13.0. The summed E-state index contributed by atoms with van der Waals surface area (Å²) in [6.07, 6.45) is 1.64. The van der Waals surface area contributed by atoms with Crippen LogP contribution in [0.25, 0.3) is 21.6 Å². The van der Waals surface area contributed by atoms with Crippen LogP contribution in [0.1, 0.15) is 18.5 Å². The minimum Gasteiger partial charge on any atom is -0.497 e. The topological polar surface area (TPSA) is 89.9 Å². The van der Waals surface area contributed by atoms with Crippen LogP contribution < -0.4 is 16.0 Å². The molecular weight excluding hydrogens is 364 g/mol. The van der Waals surface area contributed by atoms with Crippen LogP contribution in [0.5, 0.6) is 5.75 Å². The molecule has 1 N–H and O–H groups in total. The third-order valence-corrected chi connectivity index (χ3v) is 5.28. The average molecular weight is 380 g/mol. The van der Waals surface area contributed by atoms with Crippen molar-refractivity contribution in [2.45, 2.75) is 13.0 Å². The van der Waals surface area contributed by atoms with E-state index in [1.54, 1.807) is 37.6 Å². The summed E-state index contributed by atoms with van der Waals surface area (Å²) in [5.74, 6) is 0.713. The van der Waals surface area contributed by atoms with Crippen molar-refractivity contribution >= 4 is 21.7 Å². The normalized spacial score (nSPS) is 12.2. The molecule has 4 aromatic rings. The van der Waals surface area contributed by atoms with Gasteiger partial charge in [0.15, 0.2) is 0 Å². The van der Waals surface area contributed by atoms with E-state index in [-0.39, 0.29) is 5.56 Å². The molecular formula is C19H16N4O3S. The van der Waals surface area contributed by atoms with Gasteiger partial charge in [-0.05, 0) is 48.3 Å². The number of nitrogens with one attached hydrogen (secondary N) is 1. The molecule has 0 aliphatic heterocycles. The summed E-state index contributed by atoms with van der Waals surface area (Å²) >= 11 is 1.06. The van der Waals surface area contributed by atoms with E-state index in [4.69, 9.17) is 4.74 Å². The molecule has 27 heavy (non-hydrogen) atoms. The van der Waals surface area contributed by atoms with Gasteiger partial charge in [0.25, 0.3) is 5.56 Å². The quantitative estimate of drug-likeness (QED) is 0.588. The first-order valence-corrected chi connectivity index (χ1v) is 9.07. The number of fused-ring (bicyclic) bond motifs is 1. The number of aromatic amines is 1. The van der Waals surface area contributed by atoms with Gasteiger partial charge in [0.2, 0.25) is 0 Å². The zero-order valence-corrected chi connectivity index (χ0v) is 15.5. The molecule has 1 atom stereocenters. The molecule has 0 fully saturated rings. The van der Waals surface area contributed by atoms with Crippen molar-refractivity contribution in [3.8, 4) is 17.1 Å². The smallest absolute Gasteiger partial charge is 0.329 e. The summed E-state index contributed by atoms with van der Waals surface area (Å²) in [5.41, 5.74) is 1.53. The van der Waals surface area contributed by atoms with Crippen molar-refractivity contribution in [1.82, 2.24) is 18.9 Å². The number of methoxy groups -OCH3 is 1. The number of ether oxygens (including phenoxy) is 1. The number of H-pyrrole nitrogens is 1. The minimum absolute atomic E-state index is 0.364. The molecule has 0 spiro atoms. The lowest BCUT2D eigenvalue weighted by molar-refractivity contribution is 0.414. The molecule has 3 heterocycles. The van der Waals surface area contributed by atoms with Gasteiger partial charge in [0, 0.05) is 6.20 Å². The Balaban J connectivity index is 1.85. The van der Waals surface area contributed by atoms with Crippen molar-refractivity contribution in [3.05, 3.63) is 75.1 Å². The van der Waals surface area contributed by atoms with Gasteiger partial charge in [-0.1, -0.05) is 18.2 Å². The molecule has 1 aromatic carbocycles. The molecule has 0 saturated carbocycles. The first kappa shape index (κ1) is 17.2. The summed E-state index contributed by atoms with van der Waals surface area (Å²) in [4.78, 5) is 32.8. The van der Waals surface area contributed by atoms with E-state index in [0.717, 1.165) is 17.1 Å². The Kier molecular flexibility index (Phi) is 4.33. The molecule has 3 aromatic heterocycles. The Morgan fingerprint density at radius 1 is 1.15 bits per heavy atom. The number of benzene rings is 1. The number of pyridine rings is 1. The van der Waals surface area contributed by atoms with Crippen molar-refractivity contribution in [2.75, 3.05) is 7.11 Å². The predicted octanol–water partition coefficient (Wildman–Crippen LogP) is 2.83. The Morgan fingerprint density at radius 2 is 1.93 bits per heavy atom. The van der Waals surface area contributed by atoms with Gasteiger partial charge in [-0.15, -0.1) is 0 Å². The highest BCUT2D eigenvalue weighted by molar-refractivity contribution is 7.13. The van der Waals surface area contributed by atoms with Crippen LogP contribution in [0.4, 0.5) is 0 Å². The van der Waals surface area contributed by atoms with Gasteiger partial charge in [-0.3, -0.25) is 14.3 Å². The van der Waals surface area contributed by atoms with Gasteiger partial charge >= 0.3 is 5.69 Å². The maximum absolute atomic E-state index is 13.0. The highest BCUT2D eigenvalue weighted by Gasteiger charge is 2.20. The van der Waals surface area contributed by atoms with Crippen molar-refractivity contribution in [3.63, 3.8) is 0 Å². The minimum atomic E-state index is -0.479. The van der Waals surface area contributed by atoms with Crippen LogP contribution in [0.2, 0.25) is 0 Å². The molecule has 0 aliphatic rings. The van der Waals surface area contributed by atoms with E-state index in [1.165, 1.54) is 4.57 Å². The lowest BCUT2D eigenvalue weighted by Gasteiger charge is -2.14. The number of hydrogen-bond donors (Lipinski definition) is 1. The number of hydrogen-bond acceptors (Lipinski definition) is 6. The molecule has 8 heteroatoms. The summed E-state index contributed by atoms with van der Waals surface area (Å²) < 4.78 is 11.1. The summed E-state index contributed by atoms with van der Waals surface area (Å²) in [6.45, 7) is 1.81. The SMILES string of the molecule is COc1ccc([C@H](C)n2c(=O)[nH]c3c(-c4ccccn4)nsc3c2=O)cc1. The molecule has 0 aliphatic carbocycles. The first-order valence-electron chi connectivity index (χ1n) is 8.29. The Morgan fingerprint density at radius 3 is 2.59 bits per heavy atom. The van der Waals surface area contributed by atoms with Crippen LogP contribution in [0.15, 0.2) is 58.3 Å². The second-order valence-electron chi connectivity index (χ2n) is 6.00. The Hall–Kier alpha value is -3.26. The van der Waals surface area contributed by atoms with E-state index < -0.39 is 11.7 Å². The van der Waals surface area contributed by atoms with Gasteiger partial charge in [0.05, 0.1) is 24.4 Å². The molecule has 7 nitrogen and oxygen atoms in total. The number of nitrogens with zero attached hydrogens (tertiary/aromatic N) is 3. The second kappa shape index (κ2) is 6.81. The molecule has 0 bridgehead atoms. The molecule has 0 unspecified atom stereocenters. The van der Waals surface area contributed by atoms with E-state index >= 15 is 0 Å². The van der Waals surface area contributed by atoms with E-state index in [1.807, 2.05) is 25.1 Å². The Bertz CT molecular complexity index is 1210. The fraction of sp³-hybridized carbons (Fsp3) is 0.158. The van der Waals surface area contributed by atoms with Crippen LogP contribution >= 0.6 is 11.5 Å². The van der Waals surface area contributed by atoms with Crippen LogP contribution in [-0.4, -0.2) is 26.0 Å². The van der Waals surface area contributed by atoms with E-state index in [2.05, 4.69) is 14.3 Å². The first-order chi connectivity index (χ1) is 13.1. The fourth-order valence-corrected chi connectivity index (χ4v) is 3.76. The molecule has 4 rings (SSSR count). The third-order valence-electron chi connectivity index (χ3n) is 4.45. The third kappa shape index (κ3) is 2.93. The second-order valence-corrected chi connectivity index (χ2v) is 6.78. The molecule has 136 valence electrons. The lowest BCUT2D eigenvalue weighted by atomic mass is 10.1. The molecule has 0 saturated heterocycles. The fourth-order valence-electron chi connectivity index (χ4n) is 2.98. The number of aromatic nitrogens is 4. The van der Waals surface area contributed by atoms with Crippen LogP contribution in [0.3, 0.4) is 0 Å². The average Bonchev–Trinajstić information content (AvgIpc) is 3.12. The predicted molar refractivity (Wildman–Crippen MR) is 105 cm³/mol. The zero-order valence-electron chi connectivity index (χ0n) is 14.7. The number of rotatable bonds is 4. The van der Waals surface area contributed by atoms with E-state index in [0.29, 0.717) is 27.4 Å².